The van der Waals surface area contributed by atoms with Crippen molar-refractivity contribution in [2.24, 2.45) is 0 Å². The van der Waals surface area contributed by atoms with Crippen molar-refractivity contribution >= 4 is 43.6 Å². The fraction of sp³-hybridized carbons (Fsp3) is 0.0526. The zero-order valence-corrected chi connectivity index (χ0v) is 23.5. The number of rotatable bonds is 2. The SMILES string of the molecule is Cc1ccnc2c1ccc1c(C)ccnc12.c1ccc(-c2ccnc3c2ccc2c(-c4ccccc4)ccnc23)cc1. The van der Waals surface area contributed by atoms with Crippen molar-refractivity contribution in [3.8, 4) is 22.3 Å². The van der Waals surface area contributed by atoms with Gasteiger partial charge in [-0.1, -0.05) is 84.9 Å². The van der Waals surface area contributed by atoms with Gasteiger partial charge in [0.05, 0.1) is 22.1 Å². The Bertz CT molecular complexity index is 2050. The van der Waals surface area contributed by atoms with Gasteiger partial charge in [-0.15, -0.1) is 0 Å². The van der Waals surface area contributed by atoms with E-state index in [1.165, 1.54) is 44.2 Å². The van der Waals surface area contributed by atoms with E-state index in [0.717, 1.165) is 32.8 Å². The summed E-state index contributed by atoms with van der Waals surface area (Å²) in [5.41, 5.74) is 11.1. The Morgan fingerprint density at radius 3 is 1.07 bits per heavy atom. The van der Waals surface area contributed by atoms with Crippen LogP contribution in [0.2, 0.25) is 0 Å². The van der Waals surface area contributed by atoms with Gasteiger partial charge < -0.3 is 0 Å². The number of pyridine rings is 4. The number of hydrogen-bond donors (Lipinski definition) is 0. The lowest BCUT2D eigenvalue weighted by Crippen LogP contribution is -1.90. The molecule has 0 unspecified atom stereocenters. The minimum atomic E-state index is 0.946. The first-order valence-electron chi connectivity index (χ1n) is 14.1. The van der Waals surface area contributed by atoms with E-state index in [1.54, 1.807) is 0 Å². The van der Waals surface area contributed by atoms with Gasteiger partial charge in [-0.25, -0.2) is 0 Å². The predicted molar refractivity (Wildman–Crippen MR) is 174 cm³/mol. The van der Waals surface area contributed by atoms with Crippen LogP contribution in [-0.2, 0) is 0 Å². The third-order valence-corrected chi connectivity index (χ3v) is 7.85. The summed E-state index contributed by atoms with van der Waals surface area (Å²) < 4.78 is 0. The molecule has 0 aliphatic rings. The quantitative estimate of drug-likeness (QED) is 0.205. The van der Waals surface area contributed by atoms with Gasteiger partial charge in [0, 0.05) is 46.3 Å². The lowest BCUT2D eigenvalue weighted by molar-refractivity contribution is 1.33. The van der Waals surface area contributed by atoms with Crippen molar-refractivity contribution < 1.29 is 0 Å². The van der Waals surface area contributed by atoms with Crippen molar-refractivity contribution in [3.05, 3.63) is 145 Å². The zero-order chi connectivity index (χ0) is 28.5. The first kappa shape index (κ1) is 25.5. The molecule has 4 nitrogen and oxygen atoms in total. The zero-order valence-electron chi connectivity index (χ0n) is 23.5. The fourth-order valence-electron chi connectivity index (χ4n) is 5.67. The molecule has 0 bridgehead atoms. The largest absolute Gasteiger partial charge is 0.254 e. The van der Waals surface area contributed by atoms with Crippen LogP contribution in [-0.4, -0.2) is 19.9 Å². The number of aryl methyl sites for hydroxylation is 2. The molecule has 0 aliphatic carbocycles. The molecular formula is C38H28N4. The van der Waals surface area contributed by atoms with E-state index in [-0.39, 0.29) is 0 Å². The van der Waals surface area contributed by atoms with E-state index in [2.05, 4.69) is 119 Å². The standard InChI is InChI=1S/C24H16N2.C14H12N2/c1-3-7-17(8-4-1)19-13-15-25-23-21(19)11-12-22-20(14-16-26-24(22)23)18-9-5-2-6-10-18;1-9-5-7-15-13-11(9)3-4-12-10(2)6-8-16-14(12)13/h1-16H;3-8H,1-2H3. The molecular weight excluding hydrogens is 512 g/mol. The maximum atomic E-state index is 4.67. The lowest BCUT2D eigenvalue weighted by Gasteiger charge is -2.11. The lowest BCUT2D eigenvalue weighted by atomic mass is 9.97. The molecule has 8 aromatic rings. The van der Waals surface area contributed by atoms with Crippen LogP contribution < -0.4 is 0 Å². The van der Waals surface area contributed by atoms with Crippen molar-refractivity contribution in [1.82, 2.24) is 19.9 Å². The second kappa shape index (κ2) is 10.8. The van der Waals surface area contributed by atoms with E-state index in [0.29, 0.717) is 0 Å². The molecule has 0 aliphatic heterocycles. The van der Waals surface area contributed by atoms with Gasteiger partial charge in [-0.05, 0) is 71.5 Å². The maximum Gasteiger partial charge on any atom is 0.0970 e. The Kier molecular flexibility index (Phi) is 6.57. The van der Waals surface area contributed by atoms with Crippen LogP contribution in [0.25, 0.3) is 65.9 Å². The van der Waals surface area contributed by atoms with E-state index >= 15 is 0 Å². The van der Waals surface area contributed by atoms with Gasteiger partial charge in [-0.3, -0.25) is 19.9 Å². The number of hydrogen-bond acceptors (Lipinski definition) is 4. The molecule has 42 heavy (non-hydrogen) atoms. The van der Waals surface area contributed by atoms with Crippen molar-refractivity contribution in [2.45, 2.75) is 13.8 Å². The molecule has 8 rings (SSSR count). The van der Waals surface area contributed by atoms with E-state index < -0.39 is 0 Å². The maximum absolute atomic E-state index is 4.67. The summed E-state index contributed by atoms with van der Waals surface area (Å²) in [4.78, 5) is 18.2. The van der Waals surface area contributed by atoms with Gasteiger partial charge >= 0.3 is 0 Å². The smallest absolute Gasteiger partial charge is 0.0970 e. The molecule has 0 fully saturated rings. The molecule has 0 spiro atoms. The fourth-order valence-corrected chi connectivity index (χ4v) is 5.67. The minimum absolute atomic E-state index is 0.946. The van der Waals surface area contributed by atoms with Crippen molar-refractivity contribution in [2.75, 3.05) is 0 Å². The average Bonchev–Trinajstić information content (AvgIpc) is 3.05. The second-order valence-corrected chi connectivity index (χ2v) is 10.4. The van der Waals surface area contributed by atoms with Crippen LogP contribution in [0, 0.1) is 13.8 Å². The van der Waals surface area contributed by atoms with Gasteiger partial charge in [0.2, 0.25) is 0 Å². The summed E-state index contributed by atoms with van der Waals surface area (Å²) in [6.07, 6.45) is 7.45. The predicted octanol–water partition coefficient (Wildman–Crippen LogP) is 9.52. The van der Waals surface area contributed by atoms with Crippen LogP contribution in [0.4, 0.5) is 0 Å². The topological polar surface area (TPSA) is 51.6 Å². The highest BCUT2D eigenvalue weighted by Crippen LogP contribution is 2.34. The number of nitrogens with zero attached hydrogens (tertiary/aromatic N) is 4. The van der Waals surface area contributed by atoms with Crippen LogP contribution in [0.15, 0.2) is 134 Å². The summed E-state index contributed by atoms with van der Waals surface area (Å²) >= 11 is 0. The molecule has 0 saturated heterocycles. The third kappa shape index (κ3) is 4.53. The van der Waals surface area contributed by atoms with Crippen LogP contribution in [0.5, 0.6) is 0 Å². The molecule has 0 atom stereocenters. The number of benzene rings is 4. The molecule has 4 heteroatoms. The average molecular weight is 541 g/mol. The first-order chi connectivity index (χ1) is 20.7. The monoisotopic (exact) mass is 540 g/mol. The number of aromatic nitrogens is 4. The molecule has 0 radical (unpaired) electrons. The highest BCUT2D eigenvalue weighted by molar-refractivity contribution is 6.11. The Hall–Kier alpha value is -5.48. The van der Waals surface area contributed by atoms with E-state index in [1.807, 2.05) is 49.1 Å². The Morgan fingerprint density at radius 1 is 0.333 bits per heavy atom. The summed E-state index contributed by atoms with van der Waals surface area (Å²) in [7, 11) is 0. The Morgan fingerprint density at radius 2 is 0.667 bits per heavy atom. The van der Waals surface area contributed by atoms with Gasteiger partial charge in [0.25, 0.3) is 0 Å². The minimum Gasteiger partial charge on any atom is -0.254 e. The molecule has 0 N–H and O–H groups in total. The molecule has 4 aromatic carbocycles. The first-order valence-corrected chi connectivity index (χ1v) is 14.1. The normalized spacial score (nSPS) is 11.1. The van der Waals surface area contributed by atoms with Crippen molar-refractivity contribution in [3.63, 3.8) is 0 Å². The Labute approximate surface area is 244 Å². The molecule has 4 aromatic heterocycles. The van der Waals surface area contributed by atoms with E-state index in [4.69, 9.17) is 0 Å². The van der Waals surface area contributed by atoms with E-state index in [9.17, 15) is 0 Å². The van der Waals surface area contributed by atoms with Crippen LogP contribution in [0.3, 0.4) is 0 Å². The summed E-state index contributed by atoms with van der Waals surface area (Å²) in [6, 6.07) is 37.7. The molecule has 200 valence electrons. The van der Waals surface area contributed by atoms with Gasteiger partial charge in [-0.2, -0.15) is 0 Å². The summed E-state index contributed by atoms with van der Waals surface area (Å²) in [6.45, 7) is 4.21. The van der Waals surface area contributed by atoms with Crippen LogP contribution >= 0.6 is 0 Å². The molecule has 0 amide bonds. The molecule has 4 heterocycles. The Balaban J connectivity index is 0.000000154. The summed E-state index contributed by atoms with van der Waals surface area (Å²) in [5, 5.41) is 4.63. The van der Waals surface area contributed by atoms with Gasteiger partial charge in [0.1, 0.15) is 0 Å². The third-order valence-electron chi connectivity index (χ3n) is 7.85. The highest BCUT2D eigenvalue weighted by Gasteiger charge is 2.11. The van der Waals surface area contributed by atoms with Gasteiger partial charge in [0.15, 0.2) is 0 Å². The second-order valence-electron chi connectivity index (χ2n) is 10.4. The number of fused-ring (bicyclic) bond motifs is 6. The highest BCUT2D eigenvalue weighted by atomic mass is 14.7. The molecule has 0 saturated carbocycles. The van der Waals surface area contributed by atoms with Crippen molar-refractivity contribution in [1.29, 1.82) is 0 Å². The summed E-state index contributed by atoms with van der Waals surface area (Å²) in [5.74, 6) is 0. The van der Waals surface area contributed by atoms with Crippen LogP contribution in [0.1, 0.15) is 11.1 Å².